The van der Waals surface area contributed by atoms with Crippen molar-refractivity contribution in [2.75, 3.05) is 0 Å². The monoisotopic (exact) mass is 518 g/mol. The van der Waals surface area contributed by atoms with Crippen LogP contribution in [-0.4, -0.2) is 27.1 Å². The second kappa shape index (κ2) is 9.27. The number of carboxylic acids is 1. The number of Topliss-reactive ketones (excluding diaryl/α,β-unsaturated/α-hetero) is 1. The molecule has 154 valence electrons. The minimum Gasteiger partial charge on any atom is -0.506 e. The number of ketones is 1. The number of phenolic OH excluding ortho intramolecular Hbond substituents is 1. The Morgan fingerprint density at radius 3 is 2.37 bits per heavy atom. The van der Waals surface area contributed by atoms with Gasteiger partial charge in [0.15, 0.2) is 5.78 Å². The summed E-state index contributed by atoms with van der Waals surface area (Å²) < 4.78 is 6.22. The van der Waals surface area contributed by atoms with Gasteiger partial charge in [-0.3, -0.25) is 4.79 Å². The maximum Gasteiger partial charge on any atom is 0.335 e. The fourth-order valence-electron chi connectivity index (χ4n) is 2.93. The van der Waals surface area contributed by atoms with E-state index in [1.807, 2.05) is 22.6 Å². The number of aromatic hydroxyl groups is 1. The predicted molar refractivity (Wildman–Crippen MR) is 119 cm³/mol. The molecular formula is C23H19IO6. The first kappa shape index (κ1) is 21.8. The zero-order valence-corrected chi connectivity index (χ0v) is 18.2. The Bertz CT molecular complexity index is 1090. The summed E-state index contributed by atoms with van der Waals surface area (Å²) in [5.74, 6) is -0.899. The molecule has 0 amide bonds. The minimum atomic E-state index is -1.05. The van der Waals surface area contributed by atoms with Gasteiger partial charge < -0.3 is 20.1 Å². The Balaban J connectivity index is 1.71. The first-order valence-electron chi connectivity index (χ1n) is 9.03. The van der Waals surface area contributed by atoms with Gasteiger partial charge in [-0.15, -0.1) is 0 Å². The van der Waals surface area contributed by atoms with E-state index in [1.165, 1.54) is 25.1 Å². The molecule has 0 spiro atoms. The number of carboxylic acid groups (broad SMARTS) is 1. The lowest BCUT2D eigenvalue weighted by Crippen LogP contribution is -2.04. The maximum atomic E-state index is 11.5. The fourth-order valence-corrected chi connectivity index (χ4v) is 3.56. The lowest BCUT2D eigenvalue weighted by atomic mass is 9.99. The number of phenols is 1. The van der Waals surface area contributed by atoms with E-state index in [2.05, 4.69) is 0 Å². The number of benzene rings is 3. The van der Waals surface area contributed by atoms with Gasteiger partial charge in [0.05, 0.1) is 14.7 Å². The molecule has 30 heavy (non-hydrogen) atoms. The molecule has 3 aromatic rings. The number of aliphatic hydroxyl groups excluding tert-OH is 1. The molecule has 0 aliphatic rings. The molecule has 0 aromatic heterocycles. The van der Waals surface area contributed by atoms with E-state index < -0.39 is 12.1 Å². The van der Waals surface area contributed by atoms with Crippen LogP contribution in [0.15, 0.2) is 60.7 Å². The molecular weight excluding hydrogens is 499 g/mol. The van der Waals surface area contributed by atoms with Crippen LogP contribution < -0.4 is 4.74 Å². The van der Waals surface area contributed by atoms with E-state index in [0.29, 0.717) is 20.4 Å². The Kier molecular flexibility index (Phi) is 6.73. The van der Waals surface area contributed by atoms with Crippen molar-refractivity contribution >= 4 is 34.3 Å². The Morgan fingerprint density at radius 1 is 1.03 bits per heavy atom. The third kappa shape index (κ3) is 4.80. The molecule has 0 radical (unpaired) electrons. The molecule has 1 atom stereocenters. The van der Waals surface area contributed by atoms with E-state index in [1.54, 1.807) is 42.5 Å². The highest BCUT2D eigenvalue weighted by Gasteiger charge is 2.15. The number of carbonyl (C=O) groups is 2. The summed E-state index contributed by atoms with van der Waals surface area (Å²) in [6.45, 7) is 1.62. The van der Waals surface area contributed by atoms with Crippen LogP contribution in [0.1, 0.15) is 50.4 Å². The van der Waals surface area contributed by atoms with Gasteiger partial charge in [-0.05, 0) is 70.5 Å². The van der Waals surface area contributed by atoms with Crippen molar-refractivity contribution in [1.29, 1.82) is 0 Å². The molecule has 0 saturated heterocycles. The second-order valence-corrected chi connectivity index (χ2v) is 7.77. The summed E-state index contributed by atoms with van der Waals surface area (Å²) in [4.78, 5) is 22.6. The largest absolute Gasteiger partial charge is 0.506 e. The summed E-state index contributed by atoms with van der Waals surface area (Å²) in [6.07, 6.45) is -0.948. The van der Waals surface area contributed by atoms with Crippen LogP contribution in [0.5, 0.6) is 11.5 Å². The zero-order valence-electron chi connectivity index (χ0n) is 16.0. The van der Waals surface area contributed by atoms with E-state index in [4.69, 9.17) is 9.84 Å². The highest BCUT2D eigenvalue weighted by molar-refractivity contribution is 14.1. The van der Waals surface area contributed by atoms with Gasteiger partial charge >= 0.3 is 5.97 Å². The van der Waals surface area contributed by atoms with Gasteiger partial charge in [0.1, 0.15) is 24.2 Å². The third-order valence-electron chi connectivity index (χ3n) is 4.60. The first-order chi connectivity index (χ1) is 14.3. The first-order valence-corrected chi connectivity index (χ1v) is 10.1. The van der Waals surface area contributed by atoms with Gasteiger partial charge in [0, 0.05) is 0 Å². The summed E-state index contributed by atoms with van der Waals surface area (Å²) in [7, 11) is 0. The normalized spacial score (nSPS) is 11.7. The van der Waals surface area contributed by atoms with Crippen molar-refractivity contribution < 1.29 is 29.6 Å². The fraction of sp³-hybridized carbons (Fsp3) is 0.130. The van der Waals surface area contributed by atoms with E-state index in [9.17, 15) is 19.8 Å². The van der Waals surface area contributed by atoms with Gasteiger partial charge in [0.25, 0.3) is 0 Å². The molecule has 0 aliphatic carbocycles. The lowest BCUT2D eigenvalue weighted by Gasteiger charge is -2.14. The number of hydrogen-bond donors (Lipinski definition) is 3. The molecule has 0 saturated carbocycles. The van der Waals surface area contributed by atoms with Crippen LogP contribution in [0.2, 0.25) is 0 Å². The molecule has 0 aliphatic heterocycles. The lowest BCUT2D eigenvalue weighted by molar-refractivity contribution is 0.0696. The number of hydrogen-bond acceptors (Lipinski definition) is 5. The van der Waals surface area contributed by atoms with Crippen LogP contribution in [-0.2, 0) is 6.61 Å². The van der Waals surface area contributed by atoms with Crippen molar-refractivity contribution in [1.82, 2.24) is 0 Å². The third-order valence-corrected chi connectivity index (χ3v) is 5.64. The van der Waals surface area contributed by atoms with Crippen LogP contribution in [0.3, 0.4) is 0 Å². The molecule has 0 fully saturated rings. The van der Waals surface area contributed by atoms with Crippen LogP contribution in [0, 0.1) is 3.57 Å². The Hall–Kier alpha value is -2.91. The zero-order chi connectivity index (χ0) is 21.8. The molecule has 3 rings (SSSR count). The number of ether oxygens (including phenoxy) is 1. The van der Waals surface area contributed by atoms with Gasteiger partial charge in [-0.25, -0.2) is 4.79 Å². The Labute approximate surface area is 186 Å². The number of halogens is 1. The smallest absolute Gasteiger partial charge is 0.335 e. The average Bonchev–Trinajstić information content (AvgIpc) is 2.74. The summed E-state index contributed by atoms with van der Waals surface area (Å²) >= 11 is 1.93. The standard InChI is InChI=1S/C23H19IO6/c1-13(25)18-9-10-19(20(24)22(18)27)30-12-14-5-7-15(8-6-14)21(26)16-3-2-4-17(11-16)23(28)29/h2-11,21,26-27H,12H2,1H3,(H,28,29). The molecule has 0 bridgehead atoms. The van der Waals surface area contributed by atoms with Gasteiger partial charge in [-0.1, -0.05) is 36.4 Å². The Morgan fingerprint density at radius 2 is 1.73 bits per heavy atom. The summed E-state index contributed by atoms with van der Waals surface area (Å²) in [6, 6.07) is 16.5. The van der Waals surface area contributed by atoms with Crippen molar-refractivity contribution in [3.05, 3.63) is 92.1 Å². The van der Waals surface area contributed by atoms with Crippen LogP contribution in [0.25, 0.3) is 0 Å². The molecule has 0 heterocycles. The maximum absolute atomic E-state index is 11.5. The molecule has 6 nitrogen and oxygen atoms in total. The van der Waals surface area contributed by atoms with Crippen molar-refractivity contribution in [3.63, 3.8) is 0 Å². The van der Waals surface area contributed by atoms with Crippen LogP contribution in [0.4, 0.5) is 0 Å². The molecule has 7 heteroatoms. The van der Waals surface area contributed by atoms with Crippen molar-refractivity contribution in [3.8, 4) is 11.5 Å². The van der Waals surface area contributed by atoms with E-state index in [0.717, 1.165) is 5.56 Å². The quantitative estimate of drug-likeness (QED) is 0.313. The average molecular weight is 518 g/mol. The SMILES string of the molecule is CC(=O)c1ccc(OCc2ccc(C(O)c3cccc(C(=O)O)c3)cc2)c(I)c1O. The number of aliphatic hydroxyl groups is 1. The van der Waals surface area contributed by atoms with Crippen LogP contribution >= 0.6 is 22.6 Å². The topological polar surface area (TPSA) is 104 Å². The second-order valence-electron chi connectivity index (χ2n) is 6.69. The summed E-state index contributed by atoms with van der Waals surface area (Å²) in [5, 5.41) is 29.8. The van der Waals surface area contributed by atoms with Crippen molar-refractivity contribution in [2.24, 2.45) is 0 Å². The predicted octanol–water partition coefficient (Wildman–Crippen LogP) is 4.56. The highest BCUT2D eigenvalue weighted by atomic mass is 127. The van der Waals surface area contributed by atoms with E-state index in [-0.39, 0.29) is 29.3 Å². The molecule has 3 aromatic carbocycles. The number of rotatable bonds is 7. The van der Waals surface area contributed by atoms with E-state index >= 15 is 0 Å². The highest BCUT2D eigenvalue weighted by Crippen LogP contribution is 2.33. The molecule has 3 N–H and O–H groups in total. The number of carbonyl (C=O) groups excluding carboxylic acids is 1. The molecule has 1 unspecified atom stereocenters. The number of aromatic carboxylic acids is 1. The summed E-state index contributed by atoms with van der Waals surface area (Å²) in [5.41, 5.74) is 2.33. The van der Waals surface area contributed by atoms with Gasteiger partial charge in [-0.2, -0.15) is 0 Å². The van der Waals surface area contributed by atoms with Crippen molar-refractivity contribution in [2.45, 2.75) is 19.6 Å². The van der Waals surface area contributed by atoms with Gasteiger partial charge in [0.2, 0.25) is 0 Å². The minimum absolute atomic E-state index is 0.0948.